The first-order valence-electron chi connectivity index (χ1n) is 11.7. The Morgan fingerprint density at radius 1 is 1.29 bits per heavy atom. The third kappa shape index (κ3) is 6.98. The highest BCUT2D eigenvalue weighted by atomic mass is 32.5. The lowest BCUT2D eigenvalue weighted by Crippen LogP contribution is -2.48. The number of H-pyrrole nitrogens is 1. The van der Waals surface area contributed by atoms with Crippen LogP contribution in [0.25, 0.3) is 0 Å². The topological polar surface area (TPSA) is 161 Å². The fraction of sp³-hybridized carbons (Fsp3) is 0.458. The number of aliphatic hydroxyl groups is 2. The van der Waals surface area contributed by atoms with Crippen LogP contribution in [0.4, 0.5) is 0 Å². The van der Waals surface area contributed by atoms with Crippen molar-refractivity contribution < 1.29 is 33.5 Å². The van der Waals surface area contributed by atoms with Gasteiger partial charge in [0.15, 0.2) is 11.8 Å². The molecule has 0 bridgehead atoms. The second-order valence-electron chi connectivity index (χ2n) is 8.72. The van der Waals surface area contributed by atoms with Crippen LogP contribution in [0.1, 0.15) is 33.9 Å². The summed E-state index contributed by atoms with van der Waals surface area (Å²) in [5.41, 5.74) is -3.75. The van der Waals surface area contributed by atoms with Crippen LogP contribution in [-0.2, 0) is 30.6 Å². The summed E-state index contributed by atoms with van der Waals surface area (Å²) in [6.45, 7) is 2.51. The molecule has 1 fully saturated rings. The number of nitrogens with zero attached hydrogens (tertiary/aromatic N) is 1. The minimum Gasteiger partial charge on any atom is -0.462 e. The van der Waals surface area contributed by atoms with Gasteiger partial charge in [-0.25, -0.2) is 9.88 Å². The molecule has 1 unspecified atom stereocenters. The van der Waals surface area contributed by atoms with E-state index in [1.165, 1.54) is 6.92 Å². The van der Waals surface area contributed by atoms with Crippen molar-refractivity contribution in [3.63, 3.8) is 0 Å². The van der Waals surface area contributed by atoms with Gasteiger partial charge in [-0.3, -0.25) is 19.1 Å². The summed E-state index contributed by atoms with van der Waals surface area (Å²) >= 11 is 5.66. The molecule has 6 atom stereocenters. The molecular weight excluding hydrogens is 537 g/mol. The molecule has 0 saturated carbocycles. The van der Waals surface area contributed by atoms with Gasteiger partial charge < -0.3 is 28.7 Å². The molecule has 2 aromatic rings. The summed E-state index contributed by atoms with van der Waals surface area (Å²) in [5.74, 6) is 4.81. The number of aromatic amines is 1. The number of carbonyl (C=O) groups is 1. The average Bonchev–Trinajstić information content (AvgIpc) is 3.08. The van der Waals surface area contributed by atoms with Gasteiger partial charge in [-0.15, -0.1) is 5.92 Å². The standard InChI is InChI=1S/C24H30N3O9PS/c1-5-12-24(32)20(29)18(35-22(24)27-13-11-19(28)25-23(27)31)14-33-37(38,36-17-9-7-6-8-10-17)26-16(4)21(30)34-15(2)3/h6-11,13,15-16,18,20,22,29,32H,14H2,1-4H3,(H,26,38)(H,25,28,31)/t16-,18+,20+,22+,24+,37?/m0/s1. The molecule has 0 spiro atoms. The third-order valence-corrected chi connectivity index (χ3v) is 7.85. The van der Waals surface area contributed by atoms with Gasteiger partial charge in [-0.05, 0) is 51.6 Å². The summed E-state index contributed by atoms with van der Waals surface area (Å²) in [7, 11) is 0. The van der Waals surface area contributed by atoms with E-state index in [0.29, 0.717) is 5.75 Å². The first kappa shape index (κ1) is 29.7. The van der Waals surface area contributed by atoms with Crippen molar-refractivity contribution in [2.75, 3.05) is 6.61 Å². The van der Waals surface area contributed by atoms with Crippen LogP contribution in [0.2, 0.25) is 0 Å². The van der Waals surface area contributed by atoms with Crippen LogP contribution >= 0.6 is 6.64 Å². The molecule has 0 amide bonds. The van der Waals surface area contributed by atoms with Crippen LogP contribution in [0.3, 0.4) is 0 Å². The SMILES string of the molecule is CC#C[C@@]1(O)[C@H](O)[C@@H](COP(=S)(N[C@@H](C)C(=O)OC(C)C)Oc2ccccc2)O[C@H]1n1ccc(=O)[nH]c1=O. The second kappa shape index (κ2) is 12.4. The molecule has 0 aliphatic carbocycles. The predicted molar refractivity (Wildman–Crippen MR) is 141 cm³/mol. The lowest BCUT2D eigenvalue weighted by molar-refractivity contribution is -0.149. The number of ether oxygens (including phenoxy) is 2. The van der Waals surface area contributed by atoms with Crippen LogP contribution in [0, 0.1) is 11.8 Å². The molecule has 0 radical (unpaired) electrons. The summed E-state index contributed by atoms with van der Waals surface area (Å²) in [4.78, 5) is 38.4. The van der Waals surface area contributed by atoms with Crippen LogP contribution in [-0.4, -0.2) is 62.3 Å². The summed E-state index contributed by atoms with van der Waals surface area (Å²) in [5, 5.41) is 25.1. The third-order valence-electron chi connectivity index (χ3n) is 5.35. The number of benzene rings is 1. The Bertz CT molecular complexity index is 1350. The molecule has 1 aromatic carbocycles. The fourth-order valence-corrected chi connectivity index (χ4v) is 6.05. The van der Waals surface area contributed by atoms with Gasteiger partial charge in [0.25, 0.3) is 5.56 Å². The molecule has 3 rings (SSSR count). The van der Waals surface area contributed by atoms with Crippen molar-refractivity contribution in [1.29, 1.82) is 0 Å². The number of aromatic nitrogens is 2. The lowest BCUT2D eigenvalue weighted by atomic mass is 9.94. The number of esters is 1. The van der Waals surface area contributed by atoms with Crippen molar-refractivity contribution in [3.8, 4) is 17.6 Å². The Morgan fingerprint density at radius 2 is 1.97 bits per heavy atom. The minimum atomic E-state index is -3.48. The number of rotatable bonds is 10. The Morgan fingerprint density at radius 3 is 2.58 bits per heavy atom. The minimum absolute atomic E-state index is 0.354. The Labute approximate surface area is 224 Å². The van der Waals surface area contributed by atoms with Gasteiger partial charge in [0.05, 0.1) is 12.7 Å². The molecule has 1 aliphatic rings. The quantitative estimate of drug-likeness (QED) is 0.183. The normalized spacial score (nSPS) is 25.2. The van der Waals surface area contributed by atoms with Crippen LogP contribution < -0.4 is 20.9 Å². The zero-order valence-corrected chi connectivity index (χ0v) is 22.9. The number of aliphatic hydroxyl groups excluding tert-OH is 1. The predicted octanol–water partition coefficient (Wildman–Crippen LogP) is 0.799. The van der Waals surface area contributed by atoms with Gasteiger partial charge >= 0.3 is 18.3 Å². The monoisotopic (exact) mass is 567 g/mol. The highest BCUT2D eigenvalue weighted by Crippen LogP contribution is 2.47. The number of hydrogen-bond acceptors (Lipinski definition) is 10. The number of para-hydroxylation sites is 1. The molecule has 1 aromatic heterocycles. The second-order valence-corrected chi connectivity index (χ2v) is 11.9. The van der Waals surface area contributed by atoms with Crippen molar-refractivity contribution in [1.82, 2.24) is 14.6 Å². The van der Waals surface area contributed by atoms with E-state index in [0.717, 1.165) is 16.8 Å². The van der Waals surface area contributed by atoms with Crippen molar-refractivity contribution >= 4 is 24.4 Å². The van der Waals surface area contributed by atoms with Crippen LogP contribution in [0.15, 0.2) is 52.2 Å². The molecule has 12 nitrogen and oxygen atoms in total. The first-order valence-corrected chi connectivity index (χ1v) is 14.3. The Balaban J connectivity index is 1.86. The number of carbonyl (C=O) groups excluding carboxylic acids is 1. The summed E-state index contributed by atoms with van der Waals surface area (Å²) in [6, 6.07) is 8.70. The molecule has 2 heterocycles. The number of nitrogens with one attached hydrogen (secondary N) is 2. The summed E-state index contributed by atoms with van der Waals surface area (Å²) < 4.78 is 23.8. The van der Waals surface area contributed by atoms with E-state index in [1.807, 2.05) is 0 Å². The van der Waals surface area contributed by atoms with Crippen LogP contribution in [0.5, 0.6) is 5.75 Å². The Hall–Kier alpha value is -2.82. The molecule has 14 heteroatoms. The van der Waals surface area contributed by atoms with E-state index in [2.05, 4.69) is 21.9 Å². The smallest absolute Gasteiger partial charge is 0.330 e. The van der Waals surface area contributed by atoms with Crippen molar-refractivity contribution in [2.45, 2.75) is 63.9 Å². The molecule has 4 N–H and O–H groups in total. The first-order chi connectivity index (χ1) is 17.9. The van der Waals surface area contributed by atoms with Gasteiger partial charge in [-0.1, -0.05) is 24.1 Å². The molecular formula is C24H30N3O9PS. The molecule has 206 valence electrons. The molecule has 1 saturated heterocycles. The summed E-state index contributed by atoms with van der Waals surface area (Å²) in [6.07, 6.45) is -3.60. The van der Waals surface area contributed by atoms with E-state index in [4.69, 9.17) is 30.3 Å². The average molecular weight is 568 g/mol. The highest BCUT2D eigenvalue weighted by molar-refractivity contribution is 8.09. The van der Waals surface area contributed by atoms with Crippen molar-refractivity contribution in [2.24, 2.45) is 0 Å². The van der Waals surface area contributed by atoms with E-state index in [-0.39, 0.29) is 6.10 Å². The maximum Gasteiger partial charge on any atom is 0.330 e. The molecule has 1 aliphatic heterocycles. The highest BCUT2D eigenvalue weighted by Gasteiger charge is 2.56. The zero-order valence-electron chi connectivity index (χ0n) is 21.2. The van der Waals surface area contributed by atoms with E-state index < -0.39 is 60.5 Å². The zero-order chi connectivity index (χ0) is 28.1. The van der Waals surface area contributed by atoms with E-state index in [1.54, 1.807) is 51.1 Å². The van der Waals surface area contributed by atoms with Gasteiger partial charge in [0.2, 0.25) is 0 Å². The number of hydrogen-bond donors (Lipinski definition) is 4. The Kier molecular flexibility index (Phi) is 9.67. The molecule has 38 heavy (non-hydrogen) atoms. The van der Waals surface area contributed by atoms with Crippen molar-refractivity contribution in [3.05, 3.63) is 63.4 Å². The fourth-order valence-electron chi connectivity index (χ4n) is 3.64. The van der Waals surface area contributed by atoms with E-state index in [9.17, 15) is 24.6 Å². The lowest BCUT2D eigenvalue weighted by Gasteiger charge is -2.28. The maximum absolute atomic E-state index is 12.4. The largest absolute Gasteiger partial charge is 0.462 e. The van der Waals surface area contributed by atoms with Gasteiger partial charge in [0.1, 0.15) is 24.0 Å². The maximum atomic E-state index is 12.4. The van der Waals surface area contributed by atoms with Gasteiger partial charge in [0, 0.05) is 12.3 Å². The van der Waals surface area contributed by atoms with Gasteiger partial charge in [-0.2, -0.15) is 0 Å². The van der Waals surface area contributed by atoms with E-state index >= 15 is 0 Å².